The van der Waals surface area contributed by atoms with Gasteiger partial charge in [0.05, 0.1) is 11.1 Å². The second kappa shape index (κ2) is 4.84. The molecule has 2 aromatic rings. The second-order valence-corrected chi connectivity index (χ2v) is 4.01. The maximum Gasteiger partial charge on any atom is 0.199 e. The topological polar surface area (TPSA) is 17.1 Å². The van der Waals surface area contributed by atoms with Gasteiger partial charge in [-0.3, -0.25) is 4.79 Å². The molecule has 98 valence electrons. The molecule has 19 heavy (non-hydrogen) atoms. The van der Waals surface area contributed by atoms with Crippen LogP contribution in [0, 0.1) is 30.2 Å². The van der Waals surface area contributed by atoms with Gasteiger partial charge in [0.1, 0.15) is 11.6 Å². The molecule has 1 nitrogen and oxygen atoms in total. The van der Waals surface area contributed by atoms with Gasteiger partial charge in [-0.1, -0.05) is 6.07 Å². The van der Waals surface area contributed by atoms with E-state index in [1.54, 1.807) is 0 Å². The molecule has 2 aromatic carbocycles. The van der Waals surface area contributed by atoms with Gasteiger partial charge in [-0.05, 0) is 30.7 Å². The van der Waals surface area contributed by atoms with Gasteiger partial charge in [-0.15, -0.1) is 0 Å². The minimum absolute atomic E-state index is 0.0358. The lowest BCUT2D eigenvalue weighted by molar-refractivity contribution is 0.103. The van der Waals surface area contributed by atoms with Crippen molar-refractivity contribution in [2.75, 3.05) is 0 Å². The number of hydrogen-bond acceptors (Lipinski definition) is 1. The SMILES string of the molecule is Cc1ccc(C(=O)c2ccc(F)cc2F)c(F)c1F. The number of carbonyl (C=O) groups excluding carboxylic acids is 1. The van der Waals surface area contributed by atoms with Crippen molar-refractivity contribution in [3.63, 3.8) is 0 Å². The number of benzene rings is 2. The van der Waals surface area contributed by atoms with Gasteiger partial charge < -0.3 is 0 Å². The summed E-state index contributed by atoms with van der Waals surface area (Å²) in [5, 5.41) is 0. The predicted molar refractivity (Wildman–Crippen MR) is 60.9 cm³/mol. The normalized spacial score (nSPS) is 10.6. The average Bonchev–Trinajstić information content (AvgIpc) is 2.35. The van der Waals surface area contributed by atoms with Crippen LogP contribution in [0.5, 0.6) is 0 Å². The molecule has 0 aliphatic heterocycles. The van der Waals surface area contributed by atoms with Crippen molar-refractivity contribution in [3.8, 4) is 0 Å². The molecule has 0 spiro atoms. The molecule has 0 fully saturated rings. The molecule has 0 amide bonds. The fraction of sp³-hybridized carbons (Fsp3) is 0.0714. The van der Waals surface area contributed by atoms with Crippen LogP contribution in [0.4, 0.5) is 17.6 Å². The molecule has 0 unspecified atom stereocenters. The summed E-state index contributed by atoms with van der Waals surface area (Å²) in [7, 11) is 0. The molecule has 0 aliphatic carbocycles. The number of carbonyl (C=O) groups is 1. The standard InChI is InChI=1S/C14H8F4O/c1-7-2-4-10(13(18)12(7)17)14(19)9-5-3-8(15)6-11(9)16/h2-6H,1H3. The van der Waals surface area contributed by atoms with E-state index < -0.39 is 40.2 Å². The van der Waals surface area contributed by atoms with E-state index in [4.69, 9.17) is 0 Å². The molecule has 0 aliphatic rings. The smallest absolute Gasteiger partial charge is 0.199 e. The Kier molecular flexibility index (Phi) is 3.38. The summed E-state index contributed by atoms with van der Waals surface area (Å²) < 4.78 is 53.1. The summed E-state index contributed by atoms with van der Waals surface area (Å²) >= 11 is 0. The molecule has 0 radical (unpaired) electrons. The van der Waals surface area contributed by atoms with Gasteiger partial charge in [0.2, 0.25) is 0 Å². The minimum Gasteiger partial charge on any atom is -0.288 e. The Bertz CT molecular complexity index is 665. The van der Waals surface area contributed by atoms with Crippen LogP contribution in [0.2, 0.25) is 0 Å². The molecule has 2 rings (SSSR count). The second-order valence-electron chi connectivity index (χ2n) is 4.01. The molecule has 0 saturated heterocycles. The highest BCUT2D eigenvalue weighted by Gasteiger charge is 2.21. The van der Waals surface area contributed by atoms with Gasteiger partial charge in [0.15, 0.2) is 17.4 Å². The van der Waals surface area contributed by atoms with Crippen molar-refractivity contribution in [2.24, 2.45) is 0 Å². The van der Waals surface area contributed by atoms with Crippen molar-refractivity contribution in [1.82, 2.24) is 0 Å². The van der Waals surface area contributed by atoms with E-state index in [0.29, 0.717) is 6.07 Å². The zero-order chi connectivity index (χ0) is 14.2. The largest absolute Gasteiger partial charge is 0.288 e. The summed E-state index contributed by atoms with van der Waals surface area (Å²) in [5.74, 6) is -5.51. The van der Waals surface area contributed by atoms with Gasteiger partial charge in [0.25, 0.3) is 0 Å². The Morgan fingerprint density at radius 3 is 2.16 bits per heavy atom. The predicted octanol–water partition coefficient (Wildman–Crippen LogP) is 3.78. The van der Waals surface area contributed by atoms with Gasteiger partial charge in [0, 0.05) is 6.07 Å². The summed E-state index contributed by atoms with van der Waals surface area (Å²) in [4.78, 5) is 11.9. The third-order valence-electron chi connectivity index (χ3n) is 2.70. The van der Waals surface area contributed by atoms with E-state index in [2.05, 4.69) is 0 Å². The quantitative estimate of drug-likeness (QED) is 0.598. The Labute approximate surface area is 106 Å². The van der Waals surface area contributed by atoms with Crippen LogP contribution in [-0.2, 0) is 0 Å². The van der Waals surface area contributed by atoms with Crippen LogP contribution in [0.25, 0.3) is 0 Å². The van der Waals surface area contributed by atoms with Crippen LogP contribution in [-0.4, -0.2) is 5.78 Å². The molecule has 0 saturated carbocycles. The zero-order valence-electron chi connectivity index (χ0n) is 9.81. The molecule has 5 heteroatoms. The first-order chi connectivity index (χ1) is 8.91. The highest BCUT2D eigenvalue weighted by molar-refractivity contribution is 6.09. The van der Waals surface area contributed by atoms with Crippen molar-refractivity contribution in [3.05, 3.63) is 70.3 Å². The number of halogens is 4. The van der Waals surface area contributed by atoms with E-state index in [0.717, 1.165) is 18.2 Å². The Hall–Kier alpha value is -2.17. The molecular weight excluding hydrogens is 260 g/mol. The fourth-order valence-electron chi connectivity index (χ4n) is 1.64. The maximum atomic E-state index is 13.6. The van der Waals surface area contributed by atoms with Gasteiger partial charge in [-0.25, -0.2) is 17.6 Å². The highest BCUT2D eigenvalue weighted by atomic mass is 19.2. The van der Waals surface area contributed by atoms with Crippen LogP contribution in [0.1, 0.15) is 21.5 Å². The molecule has 0 N–H and O–H groups in total. The molecule has 0 heterocycles. The first kappa shape index (κ1) is 13.3. The summed E-state index contributed by atoms with van der Waals surface area (Å²) in [6, 6.07) is 4.56. The Morgan fingerprint density at radius 2 is 1.53 bits per heavy atom. The van der Waals surface area contributed by atoms with E-state index in [9.17, 15) is 22.4 Å². The van der Waals surface area contributed by atoms with Crippen molar-refractivity contribution >= 4 is 5.78 Å². The van der Waals surface area contributed by atoms with Crippen LogP contribution >= 0.6 is 0 Å². The van der Waals surface area contributed by atoms with Gasteiger partial charge in [-0.2, -0.15) is 0 Å². The lowest BCUT2D eigenvalue weighted by Gasteiger charge is -2.06. The number of hydrogen-bond donors (Lipinski definition) is 0. The Morgan fingerprint density at radius 1 is 0.895 bits per heavy atom. The number of rotatable bonds is 2. The lowest BCUT2D eigenvalue weighted by atomic mass is 10.0. The molecule has 0 bridgehead atoms. The third kappa shape index (κ3) is 2.36. The molecular formula is C14H8F4O. The van der Waals surface area contributed by atoms with Crippen LogP contribution < -0.4 is 0 Å². The molecule has 0 aromatic heterocycles. The van der Waals surface area contributed by atoms with Gasteiger partial charge >= 0.3 is 0 Å². The van der Waals surface area contributed by atoms with Crippen molar-refractivity contribution < 1.29 is 22.4 Å². The third-order valence-corrected chi connectivity index (χ3v) is 2.70. The van der Waals surface area contributed by atoms with E-state index in [1.165, 1.54) is 13.0 Å². The molecule has 0 atom stereocenters. The average molecular weight is 268 g/mol. The number of aryl methyl sites for hydroxylation is 1. The maximum absolute atomic E-state index is 13.6. The van der Waals surface area contributed by atoms with Crippen LogP contribution in [0.15, 0.2) is 30.3 Å². The monoisotopic (exact) mass is 268 g/mol. The number of ketones is 1. The summed E-state index contributed by atoms with van der Waals surface area (Å²) in [6.07, 6.45) is 0. The van der Waals surface area contributed by atoms with Crippen molar-refractivity contribution in [2.45, 2.75) is 6.92 Å². The van der Waals surface area contributed by atoms with Crippen LogP contribution in [0.3, 0.4) is 0 Å². The Balaban J connectivity index is 2.53. The van der Waals surface area contributed by atoms with E-state index in [1.807, 2.05) is 0 Å². The van der Waals surface area contributed by atoms with E-state index in [-0.39, 0.29) is 5.56 Å². The minimum atomic E-state index is -1.34. The zero-order valence-corrected chi connectivity index (χ0v) is 9.81. The highest BCUT2D eigenvalue weighted by Crippen LogP contribution is 2.20. The first-order valence-corrected chi connectivity index (χ1v) is 5.36. The fourth-order valence-corrected chi connectivity index (χ4v) is 1.64. The van der Waals surface area contributed by atoms with Crippen molar-refractivity contribution in [1.29, 1.82) is 0 Å². The van der Waals surface area contributed by atoms with E-state index >= 15 is 0 Å². The lowest BCUT2D eigenvalue weighted by Crippen LogP contribution is -2.09. The summed E-state index contributed by atoms with van der Waals surface area (Å²) in [6.45, 7) is 1.34. The first-order valence-electron chi connectivity index (χ1n) is 5.36. The summed E-state index contributed by atoms with van der Waals surface area (Å²) in [5.41, 5.74) is -1.06.